The number of hydrogen-bond acceptors (Lipinski definition) is 2. The van der Waals surface area contributed by atoms with Crippen LogP contribution >= 0.6 is 15.9 Å². The molecule has 0 spiro atoms. The molecule has 1 aromatic carbocycles. The molecule has 18 heavy (non-hydrogen) atoms. The van der Waals surface area contributed by atoms with Gasteiger partial charge in [0.25, 0.3) is 5.91 Å². The van der Waals surface area contributed by atoms with Crippen LogP contribution in [-0.4, -0.2) is 24.2 Å². The maximum Gasteiger partial charge on any atom is 0.252 e. The van der Waals surface area contributed by atoms with E-state index in [9.17, 15) is 9.18 Å². The summed E-state index contributed by atoms with van der Waals surface area (Å²) >= 11 is 3.06. The monoisotopic (exact) mass is 317 g/mol. The Kier molecular flexibility index (Phi) is 6.29. The molecular formula is C13H17BrFNO2. The molecule has 0 fully saturated rings. The number of halogens is 2. The first-order valence-corrected chi connectivity index (χ1v) is 6.72. The fourth-order valence-corrected chi connectivity index (χ4v) is 2.09. The molecule has 0 aliphatic carbocycles. The second-order valence-corrected chi connectivity index (χ2v) is 4.89. The number of hydrogen-bond donors (Lipinski definition) is 2. The van der Waals surface area contributed by atoms with E-state index in [1.807, 2.05) is 6.92 Å². The molecule has 0 bridgehead atoms. The zero-order chi connectivity index (χ0) is 13.5. The normalized spacial score (nSPS) is 12.2. The van der Waals surface area contributed by atoms with Gasteiger partial charge < -0.3 is 10.4 Å². The highest BCUT2D eigenvalue weighted by molar-refractivity contribution is 9.10. The third kappa shape index (κ3) is 4.07. The van der Waals surface area contributed by atoms with E-state index in [2.05, 4.69) is 21.2 Å². The number of carbonyl (C=O) groups is 1. The molecule has 100 valence electrons. The second kappa shape index (κ2) is 7.48. The van der Waals surface area contributed by atoms with Gasteiger partial charge in [-0.15, -0.1) is 0 Å². The van der Waals surface area contributed by atoms with Gasteiger partial charge in [-0.05, 0) is 40.4 Å². The van der Waals surface area contributed by atoms with Crippen LogP contribution in [0.25, 0.3) is 0 Å². The number of aliphatic hydroxyl groups is 1. The van der Waals surface area contributed by atoms with Gasteiger partial charge in [-0.1, -0.05) is 19.4 Å². The number of carbonyl (C=O) groups excluding carboxylic acids is 1. The van der Waals surface area contributed by atoms with Crippen LogP contribution in [0.3, 0.4) is 0 Å². The standard InChI is InChI=1S/C13H17BrFNO2/c1-2-9(6-7-17)8-16-13(18)10-4-3-5-11(15)12(10)14/h3-5,9,17H,2,6-8H2,1H3,(H,16,18). The number of nitrogens with one attached hydrogen (secondary N) is 1. The van der Waals surface area contributed by atoms with Crippen molar-refractivity contribution in [2.45, 2.75) is 19.8 Å². The van der Waals surface area contributed by atoms with E-state index in [4.69, 9.17) is 5.11 Å². The van der Waals surface area contributed by atoms with Gasteiger partial charge in [0.2, 0.25) is 0 Å². The molecule has 0 heterocycles. The smallest absolute Gasteiger partial charge is 0.252 e. The van der Waals surface area contributed by atoms with Gasteiger partial charge in [0.05, 0.1) is 10.0 Å². The van der Waals surface area contributed by atoms with Gasteiger partial charge >= 0.3 is 0 Å². The first-order chi connectivity index (χ1) is 8.60. The molecule has 3 nitrogen and oxygen atoms in total. The van der Waals surface area contributed by atoms with Gasteiger partial charge in [-0.25, -0.2) is 4.39 Å². The lowest BCUT2D eigenvalue weighted by Crippen LogP contribution is -2.29. The predicted molar refractivity (Wildman–Crippen MR) is 71.9 cm³/mol. The summed E-state index contributed by atoms with van der Waals surface area (Å²) in [4.78, 5) is 11.9. The SMILES string of the molecule is CCC(CCO)CNC(=O)c1cccc(F)c1Br. The zero-order valence-electron chi connectivity index (χ0n) is 10.2. The lowest BCUT2D eigenvalue weighted by molar-refractivity contribution is 0.0942. The topological polar surface area (TPSA) is 49.3 Å². The molecule has 1 rings (SSSR count). The minimum atomic E-state index is -0.454. The Morgan fingerprint density at radius 1 is 1.56 bits per heavy atom. The van der Waals surface area contributed by atoms with Crippen LogP contribution in [0.5, 0.6) is 0 Å². The van der Waals surface area contributed by atoms with Crippen LogP contribution in [0.4, 0.5) is 4.39 Å². The Labute approximate surface area is 115 Å². The molecule has 1 atom stereocenters. The van der Waals surface area contributed by atoms with E-state index < -0.39 is 5.82 Å². The van der Waals surface area contributed by atoms with Crippen LogP contribution in [0.1, 0.15) is 30.1 Å². The first kappa shape index (κ1) is 15.1. The van der Waals surface area contributed by atoms with Crippen molar-refractivity contribution in [3.8, 4) is 0 Å². The minimum Gasteiger partial charge on any atom is -0.396 e. The quantitative estimate of drug-likeness (QED) is 0.847. The van der Waals surface area contributed by atoms with Crippen LogP contribution in [-0.2, 0) is 0 Å². The largest absolute Gasteiger partial charge is 0.396 e. The van der Waals surface area contributed by atoms with E-state index >= 15 is 0 Å². The number of aliphatic hydroxyl groups excluding tert-OH is 1. The van der Waals surface area contributed by atoms with Crippen molar-refractivity contribution in [1.82, 2.24) is 5.32 Å². The lowest BCUT2D eigenvalue weighted by Gasteiger charge is -2.14. The van der Waals surface area contributed by atoms with E-state index in [1.54, 1.807) is 6.07 Å². The van der Waals surface area contributed by atoms with E-state index in [1.165, 1.54) is 12.1 Å². The molecule has 0 aliphatic heterocycles. The van der Waals surface area contributed by atoms with Gasteiger partial charge in [0, 0.05) is 13.2 Å². The molecule has 1 unspecified atom stereocenters. The summed E-state index contributed by atoms with van der Waals surface area (Å²) in [7, 11) is 0. The second-order valence-electron chi connectivity index (χ2n) is 4.10. The molecule has 0 aliphatic rings. The molecule has 1 aromatic rings. The molecule has 0 radical (unpaired) electrons. The van der Waals surface area contributed by atoms with Crippen molar-refractivity contribution in [1.29, 1.82) is 0 Å². The molecule has 1 amide bonds. The Morgan fingerprint density at radius 3 is 2.89 bits per heavy atom. The summed E-state index contributed by atoms with van der Waals surface area (Å²) in [6, 6.07) is 4.36. The Hall–Kier alpha value is -0.940. The highest BCUT2D eigenvalue weighted by Gasteiger charge is 2.14. The van der Waals surface area contributed by atoms with Crippen molar-refractivity contribution in [2.24, 2.45) is 5.92 Å². The van der Waals surface area contributed by atoms with Crippen molar-refractivity contribution in [2.75, 3.05) is 13.2 Å². The summed E-state index contributed by atoms with van der Waals surface area (Å²) in [6.45, 7) is 2.60. The molecule has 5 heteroatoms. The summed E-state index contributed by atoms with van der Waals surface area (Å²) < 4.78 is 13.4. The van der Waals surface area contributed by atoms with Crippen molar-refractivity contribution in [3.05, 3.63) is 34.1 Å². The van der Waals surface area contributed by atoms with Gasteiger partial charge in [-0.2, -0.15) is 0 Å². The fourth-order valence-electron chi connectivity index (χ4n) is 1.64. The molecule has 0 saturated carbocycles. The van der Waals surface area contributed by atoms with Gasteiger partial charge in [0.1, 0.15) is 5.82 Å². The fraction of sp³-hybridized carbons (Fsp3) is 0.462. The highest BCUT2D eigenvalue weighted by Crippen LogP contribution is 2.20. The van der Waals surface area contributed by atoms with Crippen molar-refractivity contribution in [3.63, 3.8) is 0 Å². The van der Waals surface area contributed by atoms with Crippen molar-refractivity contribution < 1.29 is 14.3 Å². The summed E-state index contributed by atoms with van der Waals surface area (Å²) in [5.74, 6) is -0.519. The molecule has 0 aromatic heterocycles. The van der Waals surface area contributed by atoms with Crippen LogP contribution < -0.4 is 5.32 Å². The van der Waals surface area contributed by atoms with Gasteiger partial charge in [-0.3, -0.25) is 4.79 Å². The van der Waals surface area contributed by atoms with Crippen LogP contribution in [0.15, 0.2) is 22.7 Å². The maximum absolute atomic E-state index is 13.3. The summed E-state index contributed by atoms with van der Waals surface area (Å²) in [5.41, 5.74) is 0.286. The third-order valence-corrected chi connectivity index (χ3v) is 3.67. The van der Waals surface area contributed by atoms with E-state index in [0.29, 0.717) is 13.0 Å². The first-order valence-electron chi connectivity index (χ1n) is 5.93. The Balaban J connectivity index is 2.62. The lowest BCUT2D eigenvalue weighted by atomic mass is 10.0. The Morgan fingerprint density at radius 2 is 2.28 bits per heavy atom. The predicted octanol–water partition coefficient (Wildman–Crippen LogP) is 2.73. The average molecular weight is 318 g/mol. The van der Waals surface area contributed by atoms with E-state index in [0.717, 1.165) is 6.42 Å². The molecule has 0 saturated heterocycles. The average Bonchev–Trinajstić information content (AvgIpc) is 2.37. The maximum atomic E-state index is 13.3. The summed E-state index contributed by atoms with van der Waals surface area (Å²) in [5, 5.41) is 11.6. The number of amides is 1. The number of rotatable bonds is 6. The molecular weight excluding hydrogens is 301 g/mol. The van der Waals surface area contributed by atoms with E-state index in [-0.39, 0.29) is 28.5 Å². The highest BCUT2D eigenvalue weighted by atomic mass is 79.9. The minimum absolute atomic E-state index is 0.109. The zero-order valence-corrected chi connectivity index (χ0v) is 11.8. The third-order valence-electron chi connectivity index (χ3n) is 2.86. The van der Waals surface area contributed by atoms with Crippen LogP contribution in [0.2, 0.25) is 0 Å². The van der Waals surface area contributed by atoms with Gasteiger partial charge in [0.15, 0.2) is 0 Å². The Bertz CT molecular complexity index is 412. The van der Waals surface area contributed by atoms with Crippen LogP contribution in [0, 0.1) is 11.7 Å². The summed E-state index contributed by atoms with van der Waals surface area (Å²) in [6.07, 6.45) is 1.53. The molecule has 2 N–H and O–H groups in total. The number of benzene rings is 1. The van der Waals surface area contributed by atoms with Crippen molar-refractivity contribution >= 4 is 21.8 Å².